The molecule has 2 fully saturated rings. The van der Waals surface area contributed by atoms with E-state index in [-0.39, 0.29) is 36.8 Å². The first kappa shape index (κ1) is 16.0. The van der Waals surface area contributed by atoms with Gasteiger partial charge >= 0.3 is 0 Å². The van der Waals surface area contributed by atoms with Crippen LogP contribution in [0.3, 0.4) is 0 Å². The SMILES string of the molecule is O=C1C[C@H](C(=O)NC2(CCO)COC2)C[C@H](c2ccccc2)N1. The Kier molecular flexibility index (Phi) is 4.63. The van der Waals surface area contributed by atoms with Gasteiger partial charge in [0.05, 0.1) is 24.8 Å². The minimum absolute atomic E-state index is 0.00142. The van der Waals surface area contributed by atoms with Gasteiger partial charge in [0, 0.05) is 18.9 Å². The Morgan fingerprint density at radius 2 is 2.09 bits per heavy atom. The van der Waals surface area contributed by atoms with Crippen LogP contribution >= 0.6 is 0 Å². The predicted octanol–water partition coefficient (Wildman–Crippen LogP) is 0.521. The van der Waals surface area contributed by atoms with Gasteiger partial charge in [0.2, 0.25) is 11.8 Å². The third-order valence-corrected chi connectivity index (χ3v) is 4.60. The summed E-state index contributed by atoms with van der Waals surface area (Å²) < 4.78 is 5.19. The monoisotopic (exact) mass is 318 g/mol. The molecule has 2 saturated heterocycles. The summed E-state index contributed by atoms with van der Waals surface area (Å²) in [6.07, 6.45) is 1.25. The number of benzene rings is 1. The number of nitrogens with one attached hydrogen (secondary N) is 2. The number of amides is 2. The molecule has 2 atom stereocenters. The molecule has 0 bridgehead atoms. The maximum absolute atomic E-state index is 12.6. The second-order valence-electron chi connectivity index (χ2n) is 6.40. The first-order valence-corrected chi connectivity index (χ1v) is 7.97. The van der Waals surface area contributed by atoms with Gasteiger partial charge < -0.3 is 20.5 Å². The van der Waals surface area contributed by atoms with E-state index in [1.807, 2.05) is 30.3 Å². The van der Waals surface area contributed by atoms with E-state index in [0.29, 0.717) is 26.1 Å². The zero-order valence-electron chi connectivity index (χ0n) is 13.0. The van der Waals surface area contributed by atoms with Crippen LogP contribution < -0.4 is 10.6 Å². The van der Waals surface area contributed by atoms with Crippen molar-refractivity contribution in [2.75, 3.05) is 19.8 Å². The van der Waals surface area contributed by atoms with Crippen LogP contribution in [0.5, 0.6) is 0 Å². The Balaban J connectivity index is 1.67. The molecule has 1 aromatic carbocycles. The van der Waals surface area contributed by atoms with Crippen LogP contribution in [0.15, 0.2) is 30.3 Å². The smallest absolute Gasteiger partial charge is 0.224 e. The summed E-state index contributed by atoms with van der Waals surface area (Å²) in [5, 5.41) is 15.1. The molecule has 2 aliphatic rings. The molecular formula is C17H22N2O4. The van der Waals surface area contributed by atoms with Crippen molar-refractivity contribution < 1.29 is 19.4 Å². The Labute approximate surface area is 135 Å². The number of hydrogen-bond acceptors (Lipinski definition) is 4. The Morgan fingerprint density at radius 3 is 2.70 bits per heavy atom. The van der Waals surface area contributed by atoms with Crippen molar-refractivity contribution in [3.05, 3.63) is 35.9 Å². The molecule has 0 saturated carbocycles. The largest absolute Gasteiger partial charge is 0.396 e. The summed E-state index contributed by atoms with van der Waals surface area (Å²) in [7, 11) is 0. The van der Waals surface area contributed by atoms with Crippen LogP contribution in [0.1, 0.15) is 30.9 Å². The first-order valence-electron chi connectivity index (χ1n) is 7.97. The van der Waals surface area contributed by atoms with Crippen LogP contribution in [-0.4, -0.2) is 42.3 Å². The highest BCUT2D eigenvalue weighted by Crippen LogP contribution is 2.29. The number of piperidine rings is 1. The second-order valence-corrected chi connectivity index (χ2v) is 6.40. The van der Waals surface area contributed by atoms with E-state index in [0.717, 1.165) is 5.56 Å². The molecular weight excluding hydrogens is 296 g/mol. The van der Waals surface area contributed by atoms with Gasteiger partial charge in [-0.25, -0.2) is 0 Å². The number of aliphatic hydroxyl groups is 1. The summed E-state index contributed by atoms with van der Waals surface area (Å²) in [4.78, 5) is 24.6. The number of aliphatic hydroxyl groups excluding tert-OH is 1. The topological polar surface area (TPSA) is 87.7 Å². The highest BCUT2D eigenvalue weighted by molar-refractivity contribution is 5.87. The van der Waals surface area contributed by atoms with Gasteiger partial charge in [0.1, 0.15) is 0 Å². The third-order valence-electron chi connectivity index (χ3n) is 4.60. The zero-order valence-corrected chi connectivity index (χ0v) is 13.0. The minimum atomic E-state index is -0.470. The summed E-state index contributed by atoms with van der Waals surface area (Å²) >= 11 is 0. The highest BCUT2D eigenvalue weighted by atomic mass is 16.5. The van der Waals surface area contributed by atoms with Crippen LogP contribution in [0, 0.1) is 5.92 Å². The summed E-state index contributed by atoms with van der Waals surface area (Å²) in [5.41, 5.74) is 0.539. The second kappa shape index (κ2) is 6.68. The Hall–Kier alpha value is -1.92. The van der Waals surface area contributed by atoms with Crippen molar-refractivity contribution in [2.45, 2.75) is 30.8 Å². The van der Waals surface area contributed by atoms with E-state index in [1.54, 1.807) is 0 Å². The van der Waals surface area contributed by atoms with E-state index >= 15 is 0 Å². The standard InChI is InChI=1S/C17H22N2O4/c20-7-6-17(10-23-11-17)19-16(22)13-8-14(18-15(21)9-13)12-4-2-1-3-5-12/h1-5,13-14,20H,6-11H2,(H,18,21)(H,19,22)/t13-,14-/m1/s1. The van der Waals surface area contributed by atoms with E-state index in [1.165, 1.54) is 0 Å². The van der Waals surface area contributed by atoms with Gasteiger partial charge in [-0.1, -0.05) is 30.3 Å². The first-order chi connectivity index (χ1) is 11.1. The number of rotatable bonds is 5. The number of carbonyl (C=O) groups is 2. The van der Waals surface area contributed by atoms with Crippen LogP contribution in [0.2, 0.25) is 0 Å². The minimum Gasteiger partial charge on any atom is -0.396 e. The average Bonchev–Trinajstić information content (AvgIpc) is 2.53. The molecule has 0 spiro atoms. The molecule has 2 aliphatic heterocycles. The predicted molar refractivity (Wildman–Crippen MR) is 83.4 cm³/mol. The highest BCUT2D eigenvalue weighted by Gasteiger charge is 2.42. The van der Waals surface area contributed by atoms with E-state index < -0.39 is 5.54 Å². The van der Waals surface area contributed by atoms with Crippen LogP contribution in [-0.2, 0) is 14.3 Å². The van der Waals surface area contributed by atoms with Gasteiger partial charge in [-0.15, -0.1) is 0 Å². The van der Waals surface area contributed by atoms with Gasteiger partial charge in [0.25, 0.3) is 0 Å². The van der Waals surface area contributed by atoms with E-state index in [2.05, 4.69) is 10.6 Å². The van der Waals surface area contributed by atoms with Gasteiger partial charge in [-0.05, 0) is 18.4 Å². The number of ether oxygens (including phenoxy) is 1. The lowest BCUT2D eigenvalue weighted by atomic mass is 9.86. The zero-order chi connectivity index (χ0) is 16.3. The summed E-state index contributed by atoms with van der Waals surface area (Å²) in [6, 6.07) is 9.55. The fourth-order valence-electron chi connectivity index (χ4n) is 3.21. The van der Waals surface area contributed by atoms with Crippen molar-refractivity contribution in [3.63, 3.8) is 0 Å². The maximum atomic E-state index is 12.6. The van der Waals surface area contributed by atoms with Crippen molar-refractivity contribution in [3.8, 4) is 0 Å². The van der Waals surface area contributed by atoms with Crippen LogP contribution in [0.4, 0.5) is 0 Å². The summed E-state index contributed by atoms with van der Waals surface area (Å²) in [5.74, 6) is -0.589. The number of carbonyl (C=O) groups excluding carboxylic acids is 2. The van der Waals surface area contributed by atoms with Crippen LogP contribution in [0.25, 0.3) is 0 Å². The van der Waals surface area contributed by atoms with Crippen molar-refractivity contribution >= 4 is 11.8 Å². The van der Waals surface area contributed by atoms with Gasteiger partial charge in [-0.3, -0.25) is 9.59 Å². The molecule has 2 amide bonds. The fourth-order valence-corrected chi connectivity index (χ4v) is 3.21. The summed E-state index contributed by atoms with van der Waals surface area (Å²) in [6.45, 7) is 0.835. The van der Waals surface area contributed by atoms with Gasteiger partial charge in [0.15, 0.2) is 0 Å². The number of hydrogen-bond donors (Lipinski definition) is 3. The Morgan fingerprint density at radius 1 is 1.35 bits per heavy atom. The molecule has 6 nitrogen and oxygen atoms in total. The molecule has 3 rings (SSSR count). The third kappa shape index (κ3) is 3.54. The lowest BCUT2D eigenvalue weighted by Gasteiger charge is -2.43. The van der Waals surface area contributed by atoms with Crippen molar-refractivity contribution in [1.82, 2.24) is 10.6 Å². The normalized spacial score (nSPS) is 26.0. The molecule has 0 unspecified atom stereocenters. The molecule has 0 aromatic heterocycles. The lowest BCUT2D eigenvalue weighted by Crippen LogP contribution is -2.64. The molecule has 2 heterocycles. The molecule has 0 radical (unpaired) electrons. The van der Waals surface area contributed by atoms with Crippen molar-refractivity contribution in [2.24, 2.45) is 5.92 Å². The molecule has 6 heteroatoms. The van der Waals surface area contributed by atoms with Crippen molar-refractivity contribution in [1.29, 1.82) is 0 Å². The Bertz CT molecular complexity index is 571. The molecule has 3 N–H and O–H groups in total. The van der Waals surface area contributed by atoms with E-state index in [9.17, 15) is 9.59 Å². The fraction of sp³-hybridized carbons (Fsp3) is 0.529. The van der Waals surface area contributed by atoms with Gasteiger partial charge in [-0.2, -0.15) is 0 Å². The quantitative estimate of drug-likeness (QED) is 0.739. The molecule has 124 valence electrons. The van der Waals surface area contributed by atoms with E-state index in [4.69, 9.17) is 9.84 Å². The molecule has 0 aliphatic carbocycles. The lowest BCUT2D eigenvalue weighted by molar-refractivity contribution is -0.142. The maximum Gasteiger partial charge on any atom is 0.224 e. The average molecular weight is 318 g/mol. The molecule has 23 heavy (non-hydrogen) atoms. The molecule has 1 aromatic rings.